The molecule has 4 rings (SSSR count). The minimum absolute atomic E-state index is 0.363. The highest BCUT2D eigenvalue weighted by atomic mass is 32.2. The molecule has 6 heteroatoms. The van der Waals surface area contributed by atoms with Gasteiger partial charge in [-0.25, -0.2) is 16.8 Å². The third-order valence-electron chi connectivity index (χ3n) is 4.27. The summed E-state index contributed by atoms with van der Waals surface area (Å²) in [7, 11) is -4.05. The molecule has 27 heavy (non-hydrogen) atoms. The Labute approximate surface area is 156 Å². The molecule has 1 aromatic heterocycles. The van der Waals surface area contributed by atoms with Gasteiger partial charge in [-0.2, -0.15) is 0 Å². The summed E-state index contributed by atoms with van der Waals surface area (Å²) in [4.78, 5) is -0.363. The molecular weight excluding hydrogens is 365 g/mol. The molecule has 0 aliphatic carbocycles. The summed E-state index contributed by atoms with van der Waals surface area (Å²) < 4.78 is 46.8. The average molecular weight is 381 g/mol. The van der Waals surface area contributed by atoms with E-state index in [4.69, 9.17) is 4.74 Å². The molecule has 0 atom stereocenters. The van der Waals surface area contributed by atoms with Crippen molar-refractivity contribution < 1.29 is 17.5 Å². The van der Waals surface area contributed by atoms with E-state index in [0.29, 0.717) is 23.3 Å². The monoisotopic (exact) mass is 381 g/mol. The van der Waals surface area contributed by atoms with Gasteiger partial charge in [0.05, 0.1) is 5.52 Å². The lowest BCUT2D eigenvalue weighted by molar-refractivity contribution is 0.310. The normalized spacial score (nSPS) is 11.6. The van der Waals surface area contributed by atoms with Crippen LogP contribution in [0.5, 0.6) is 5.75 Å². The van der Waals surface area contributed by atoms with Crippen LogP contribution >= 0.6 is 0 Å². The van der Waals surface area contributed by atoms with Crippen molar-refractivity contribution in [3.8, 4) is 5.75 Å². The molecule has 0 saturated carbocycles. The first-order valence-electron chi connectivity index (χ1n) is 8.34. The highest BCUT2D eigenvalue weighted by Gasteiger charge is 2.23. The molecule has 0 spiro atoms. The van der Waals surface area contributed by atoms with E-state index in [1.807, 2.05) is 30.3 Å². The zero-order chi connectivity index (χ0) is 18.9. The number of aromatic nitrogens is 1. The summed E-state index contributed by atoms with van der Waals surface area (Å²) in [6, 6.07) is 21.9. The minimum atomic E-state index is -4.05. The number of hydrogen-bond donors (Lipinski definition) is 0. The number of halogens is 1. The van der Waals surface area contributed by atoms with E-state index >= 15 is 0 Å². The van der Waals surface area contributed by atoms with Crippen molar-refractivity contribution in [3.63, 3.8) is 0 Å². The molecule has 136 valence electrons. The molecule has 0 unspecified atom stereocenters. The van der Waals surface area contributed by atoms with Gasteiger partial charge < -0.3 is 4.74 Å². The van der Waals surface area contributed by atoms with Crippen LogP contribution in [0.1, 0.15) is 5.56 Å². The number of nitrogens with zero attached hydrogens (tertiary/aromatic N) is 1. The predicted octanol–water partition coefficient (Wildman–Crippen LogP) is 4.60. The SMILES string of the molecule is O=S(=O)(c1ccccc1F)n1ccc2c(OCc3ccccc3)cccc21. The highest BCUT2D eigenvalue weighted by Crippen LogP contribution is 2.30. The number of benzene rings is 3. The summed E-state index contributed by atoms with van der Waals surface area (Å²) >= 11 is 0. The molecule has 3 aromatic carbocycles. The van der Waals surface area contributed by atoms with Crippen molar-refractivity contribution in [2.24, 2.45) is 0 Å². The van der Waals surface area contributed by atoms with E-state index in [2.05, 4.69) is 0 Å². The minimum Gasteiger partial charge on any atom is -0.488 e. The molecule has 0 amide bonds. The lowest BCUT2D eigenvalue weighted by Gasteiger charge is -2.10. The van der Waals surface area contributed by atoms with E-state index < -0.39 is 15.8 Å². The van der Waals surface area contributed by atoms with E-state index in [1.165, 1.54) is 24.4 Å². The third kappa shape index (κ3) is 3.19. The van der Waals surface area contributed by atoms with Gasteiger partial charge in [-0.05, 0) is 35.9 Å². The second kappa shape index (κ2) is 6.89. The first-order chi connectivity index (χ1) is 13.1. The Balaban J connectivity index is 1.74. The second-order valence-electron chi connectivity index (χ2n) is 6.01. The van der Waals surface area contributed by atoms with E-state index in [0.717, 1.165) is 15.6 Å². The summed E-state index contributed by atoms with van der Waals surface area (Å²) in [5.74, 6) is -0.213. The van der Waals surface area contributed by atoms with E-state index in [-0.39, 0.29) is 4.90 Å². The highest BCUT2D eigenvalue weighted by molar-refractivity contribution is 7.90. The number of ether oxygens (including phenoxy) is 1. The van der Waals surface area contributed by atoms with Gasteiger partial charge in [0.15, 0.2) is 0 Å². The smallest absolute Gasteiger partial charge is 0.271 e. The number of rotatable bonds is 5. The average Bonchev–Trinajstić information content (AvgIpc) is 3.13. The molecule has 0 aliphatic heterocycles. The van der Waals surface area contributed by atoms with Crippen LogP contribution in [0.25, 0.3) is 10.9 Å². The molecule has 4 nitrogen and oxygen atoms in total. The van der Waals surface area contributed by atoms with Crippen LogP contribution in [0, 0.1) is 5.82 Å². The maximum atomic E-state index is 14.0. The van der Waals surface area contributed by atoms with Crippen LogP contribution in [-0.2, 0) is 16.6 Å². The fourth-order valence-corrected chi connectivity index (χ4v) is 4.36. The van der Waals surface area contributed by atoms with Crippen molar-refractivity contribution in [2.45, 2.75) is 11.5 Å². The van der Waals surface area contributed by atoms with Crippen LogP contribution in [0.4, 0.5) is 4.39 Å². The Kier molecular flexibility index (Phi) is 4.41. The zero-order valence-electron chi connectivity index (χ0n) is 14.2. The van der Waals surface area contributed by atoms with Gasteiger partial charge in [0.25, 0.3) is 10.0 Å². The van der Waals surface area contributed by atoms with Crippen LogP contribution in [-0.4, -0.2) is 12.4 Å². The first-order valence-corrected chi connectivity index (χ1v) is 9.78. The number of fused-ring (bicyclic) bond motifs is 1. The van der Waals surface area contributed by atoms with Gasteiger partial charge in [0.1, 0.15) is 23.1 Å². The summed E-state index contributed by atoms with van der Waals surface area (Å²) in [6.07, 6.45) is 1.42. The lowest BCUT2D eigenvalue weighted by atomic mass is 10.2. The van der Waals surface area contributed by atoms with Crippen LogP contribution in [0.15, 0.2) is 90.0 Å². The standard InChI is InChI=1S/C21H16FNO3S/c22-18-9-4-5-12-21(18)27(24,25)23-14-13-17-19(23)10-6-11-20(17)26-15-16-7-2-1-3-8-16/h1-14H,15H2. The first kappa shape index (κ1) is 17.3. The van der Waals surface area contributed by atoms with Crippen molar-refractivity contribution >= 4 is 20.9 Å². The Morgan fingerprint density at radius 2 is 1.59 bits per heavy atom. The van der Waals surface area contributed by atoms with Crippen LogP contribution in [0.3, 0.4) is 0 Å². The molecule has 0 fully saturated rings. The quantitative estimate of drug-likeness (QED) is 0.508. The molecule has 4 aromatic rings. The predicted molar refractivity (Wildman–Crippen MR) is 102 cm³/mol. The maximum Gasteiger partial charge on any atom is 0.271 e. The van der Waals surface area contributed by atoms with Gasteiger partial charge in [-0.3, -0.25) is 0 Å². The van der Waals surface area contributed by atoms with Crippen molar-refractivity contribution in [1.82, 2.24) is 3.97 Å². The Morgan fingerprint density at radius 1 is 0.852 bits per heavy atom. The third-order valence-corrected chi connectivity index (χ3v) is 5.99. The largest absolute Gasteiger partial charge is 0.488 e. The molecule has 0 N–H and O–H groups in total. The fraction of sp³-hybridized carbons (Fsp3) is 0.0476. The Bertz CT molecular complexity index is 1200. The molecule has 0 saturated heterocycles. The summed E-state index contributed by atoms with van der Waals surface area (Å²) in [5, 5.41) is 0.647. The Hall–Kier alpha value is -3.12. The molecule has 0 bridgehead atoms. The van der Waals surface area contributed by atoms with Gasteiger partial charge in [-0.15, -0.1) is 0 Å². The van der Waals surface area contributed by atoms with Gasteiger partial charge in [0.2, 0.25) is 0 Å². The molecule has 1 heterocycles. The van der Waals surface area contributed by atoms with E-state index in [9.17, 15) is 12.8 Å². The van der Waals surface area contributed by atoms with Gasteiger partial charge in [0, 0.05) is 11.6 Å². The van der Waals surface area contributed by atoms with Crippen LogP contribution in [0.2, 0.25) is 0 Å². The van der Waals surface area contributed by atoms with Crippen molar-refractivity contribution in [3.05, 3.63) is 96.4 Å². The summed E-state index contributed by atoms with van der Waals surface area (Å²) in [6.45, 7) is 0.366. The summed E-state index contributed by atoms with van der Waals surface area (Å²) in [5.41, 5.74) is 1.44. The van der Waals surface area contributed by atoms with Crippen molar-refractivity contribution in [2.75, 3.05) is 0 Å². The Morgan fingerprint density at radius 3 is 2.37 bits per heavy atom. The topological polar surface area (TPSA) is 48.3 Å². The molecular formula is C21H16FNO3S. The van der Waals surface area contributed by atoms with E-state index in [1.54, 1.807) is 24.3 Å². The lowest BCUT2D eigenvalue weighted by Crippen LogP contribution is -2.13. The molecule has 0 aliphatic rings. The van der Waals surface area contributed by atoms with Crippen molar-refractivity contribution in [1.29, 1.82) is 0 Å². The van der Waals surface area contributed by atoms with Gasteiger partial charge >= 0.3 is 0 Å². The maximum absolute atomic E-state index is 14.0. The zero-order valence-corrected chi connectivity index (χ0v) is 15.1. The second-order valence-corrected chi connectivity index (χ2v) is 7.79. The number of hydrogen-bond acceptors (Lipinski definition) is 3. The fourth-order valence-electron chi connectivity index (χ4n) is 2.95. The van der Waals surface area contributed by atoms with Gasteiger partial charge in [-0.1, -0.05) is 48.5 Å². The molecule has 0 radical (unpaired) electrons. The van der Waals surface area contributed by atoms with Crippen LogP contribution < -0.4 is 4.74 Å².